The minimum absolute atomic E-state index is 0.0212. The predicted molar refractivity (Wildman–Crippen MR) is 137 cm³/mol. The van der Waals surface area contributed by atoms with Crippen LogP contribution in [0.3, 0.4) is 0 Å². The lowest BCUT2D eigenvalue weighted by atomic mass is 10.1. The van der Waals surface area contributed by atoms with E-state index in [0.29, 0.717) is 30.7 Å². The first kappa shape index (κ1) is 25.5. The number of carbonyl (C=O) groups is 1. The van der Waals surface area contributed by atoms with Gasteiger partial charge in [-0.05, 0) is 25.1 Å². The number of alkyl halides is 1. The van der Waals surface area contributed by atoms with Gasteiger partial charge in [0.05, 0.1) is 36.8 Å². The third-order valence-corrected chi connectivity index (χ3v) is 6.38. The Morgan fingerprint density at radius 3 is 2.87 bits per heavy atom. The number of fused-ring (bicyclic) bond motifs is 1. The van der Waals surface area contributed by atoms with Crippen LogP contribution in [0.5, 0.6) is 5.75 Å². The van der Waals surface area contributed by atoms with E-state index in [9.17, 15) is 13.6 Å². The second kappa shape index (κ2) is 10.7. The number of nitrogens with zero attached hydrogens (tertiary/aromatic N) is 5. The van der Waals surface area contributed by atoms with Gasteiger partial charge in [-0.15, -0.1) is 0 Å². The Hall–Kier alpha value is -4.19. The van der Waals surface area contributed by atoms with Gasteiger partial charge in [0.15, 0.2) is 11.6 Å². The largest absolute Gasteiger partial charge is 0.496 e. The van der Waals surface area contributed by atoms with Crippen LogP contribution in [0.4, 0.5) is 24.5 Å². The van der Waals surface area contributed by atoms with Crippen LogP contribution in [0.2, 0.25) is 0 Å². The molecule has 1 fully saturated rings. The number of ether oxygens (including phenoxy) is 1. The fourth-order valence-corrected chi connectivity index (χ4v) is 4.72. The third-order valence-electron chi connectivity index (χ3n) is 6.38. The highest BCUT2D eigenvalue weighted by atomic mass is 19.1. The first-order chi connectivity index (χ1) is 18.4. The van der Waals surface area contributed by atoms with E-state index in [1.165, 1.54) is 48.5 Å². The zero-order valence-electron chi connectivity index (χ0n) is 20.8. The molecule has 0 saturated carbocycles. The normalized spacial score (nSPS) is 15.6. The molecule has 1 amide bonds. The smallest absolute Gasteiger partial charge is 0.274 e. The average Bonchev–Trinajstić information content (AvgIpc) is 3.33. The van der Waals surface area contributed by atoms with Crippen LogP contribution in [0.25, 0.3) is 22.3 Å². The standard InChI is InChI=1S/C26H26F3N7O2/c1-15-14-35(11-9-30-15)24-16-13-32-36(10-7-27)23(16)18(29)12-20(24)34-26(37)19-6-8-31-25(33-19)22-17(28)4-3-5-21(22)38-2/h3-6,8,12-13,15,30H,7,9-11,14H2,1-2H3,(H,34,37)/t15-/m0/s1. The molecule has 3 heterocycles. The molecule has 5 rings (SSSR count). The Morgan fingerprint density at radius 2 is 2.11 bits per heavy atom. The monoisotopic (exact) mass is 525 g/mol. The molecule has 9 nitrogen and oxygen atoms in total. The van der Waals surface area contributed by atoms with Gasteiger partial charge < -0.3 is 20.3 Å². The summed E-state index contributed by atoms with van der Waals surface area (Å²) in [6.07, 6.45) is 2.83. The van der Waals surface area contributed by atoms with Crippen molar-refractivity contribution in [3.63, 3.8) is 0 Å². The molecule has 12 heteroatoms. The number of rotatable bonds is 7. The first-order valence-corrected chi connectivity index (χ1v) is 12.1. The molecule has 0 spiro atoms. The van der Waals surface area contributed by atoms with E-state index in [-0.39, 0.29) is 46.6 Å². The summed E-state index contributed by atoms with van der Waals surface area (Å²) in [5, 5.41) is 10.8. The molecule has 1 saturated heterocycles. The van der Waals surface area contributed by atoms with Gasteiger partial charge in [-0.2, -0.15) is 5.10 Å². The van der Waals surface area contributed by atoms with E-state index in [0.717, 1.165) is 0 Å². The molecule has 0 radical (unpaired) electrons. The second-order valence-corrected chi connectivity index (χ2v) is 8.91. The van der Waals surface area contributed by atoms with Gasteiger partial charge >= 0.3 is 0 Å². The molecule has 1 atom stereocenters. The van der Waals surface area contributed by atoms with E-state index in [2.05, 4.69) is 25.7 Å². The second-order valence-electron chi connectivity index (χ2n) is 8.91. The number of anilines is 2. The molecule has 0 bridgehead atoms. The van der Waals surface area contributed by atoms with Crippen LogP contribution < -0.4 is 20.3 Å². The highest BCUT2D eigenvalue weighted by Gasteiger charge is 2.26. The van der Waals surface area contributed by atoms with Crippen molar-refractivity contribution in [2.75, 3.05) is 43.6 Å². The molecule has 38 heavy (non-hydrogen) atoms. The first-order valence-electron chi connectivity index (χ1n) is 12.1. The Kier molecular flexibility index (Phi) is 7.14. The molecule has 0 unspecified atom stereocenters. The maximum Gasteiger partial charge on any atom is 0.274 e. The minimum Gasteiger partial charge on any atom is -0.496 e. The number of amides is 1. The van der Waals surface area contributed by atoms with E-state index in [1.54, 1.807) is 6.07 Å². The Bertz CT molecular complexity index is 1490. The number of nitrogens with one attached hydrogen (secondary N) is 2. The number of halogens is 3. The fourth-order valence-electron chi connectivity index (χ4n) is 4.72. The van der Waals surface area contributed by atoms with Gasteiger partial charge in [0.1, 0.15) is 29.5 Å². The Balaban J connectivity index is 1.55. The van der Waals surface area contributed by atoms with Crippen molar-refractivity contribution in [2.24, 2.45) is 0 Å². The number of benzene rings is 2. The molecule has 1 aliphatic heterocycles. The third kappa shape index (κ3) is 4.74. The van der Waals surface area contributed by atoms with Crippen LogP contribution in [-0.2, 0) is 6.54 Å². The van der Waals surface area contributed by atoms with Crippen molar-refractivity contribution in [1.29, 1.82) is 0 Å². The molecule has 2 N–H and O–H groups in total. The van der Waals surface area contributed by atoms with Crippen molar-refractivity contribution >= 4 is 28.2 Å². The molecule has 0 aliphatic carbocycles. The lowest BCUT2D eigenvalue weighted by Crippen LogP contribution is -2.49. The van der Waals surface area contributed by atoms with Crippen molar-refractivity contribution in [3.05, 3.63) is 60.1 Å². The van der Waals surface area contributed by atoms with Gasteiger partial charge in [-0.1, -0.05) is 6.07 Å². The average molecular weight is 526 g/mol. The molecular formula is C26H26F3N7O2. The quantitative estimate of drug-likeness (QED) is 0.379. The summed E-state index contributed by atoms with van der Waals surface area (Å²) >= 11 is 0. The summed E-state index contributed by atoms with van der Waals surface area (Å²) in [6.45, 7) is 3.13. The predicted octanol–water partition coefficient (Wildman–Crippen LogP) is 3.80. The van der Waals surface area contributed by atoms with Crippen LogP contribution in [0, 0.1) is 11.6 Å². The molecule has 4 aromatic rings. The van der Waals surface area contributed by atoms with Gasteiger partial charge in [-0.3, -0.25) is 9.48 Å². The Labute approximate surface area is 216 Å². The summed E-state index contributed by atoms with van der Waals surface area (Å²) < 4.78 is 49.5. The SMILES string of the molecule is COc1cccc(F)c1-c1nccc(C(=O)Nc2cc(F)c3c(cnn3CCF)c2N2CCN[C@@H](C)C2)n1. The van der Waals surface area contributed by atoms with E-state index in [1.807, 2.05) is 11.8 Å². The van der Waals surface area contributed by atoms with Crippen LogP contribution in [-0.4, -0.2) is 65.1 Å². The zero-order valence-corrected chi connectivity index (χ0v) is 20.8. The van der Waals surface area contributed by atoms with Crippen molar-refractivity contribution in [2.45, 2.75) is 19.5 Å². The van der Waals surface area contributed by atoms with Gasteiger partial charge in [0.25, 0.3) is 5.91 Å². The molecule has 198 valence electrons. The number of hydrogen-bond acceptors (Lipinski definition) is 7. The molecule has 2 aromatic heterocycles. The van der Waals surface area contributed by atoms with Gasteiger partial charge in [0, 0.05) is 43.3 Å². The number of hydrogen-bond donors (Lipinski definition) is 2. The molecule has 2 aromatic carbocycles. The number of carbonyl (C=O) groups excluding carboxylic acids is 1. The lowest BCUT2D eigenvalue weighted by Gasteiger charge is -2.35. The van der Waals surface area contributed by atoms with Crippen molar-refractivity contribution in [1.82, 2.24) is 25.1 Å². The number of piperazine rings is 1. The summed E-state index contributed by atoms with van der Waals surface area (Å²) in [6, 6.07) is 7.04. The van der Waals surface area contributed by atoms with Crippen molar-refractivity contribution < 1.29 is 22.7 Å². The van der Waals surface area contributed by atoms with E-state index >= 15 is 4.39 Å². The van der Waals surface area contributed by atoms with E-state index in [4.69, 9.17) is 4.74 Å². The topological polar surface area (TPSA) is 97.2 Å². The molecule has 1 aliphatic rings. The van der Waals surface area contributed by atoms with Gasteiger partial charge in [0.2, 0.25) is 0 Å². The summed E-state index contributed by atoms with van der Waals surface area (Å²) in [7, 11) is 1.40. The maximum atomic E-state index is 15.3. The lowest BCUT2D eigenvalue weighted by molar-refractivity contribution is 0.102. The zero-order chi connectivity index (χ0) is 26.8. The van der Waals surface area contributed by atoms with E-state index < -0.39 is 24.2 Å². The Morgan fingerprint density at radius 1 is 1.26 bits per heavy atom. The number of aromatic nitrogens is 4. The summed E-state index contributed by atoms with van der Waals surface area (Å²) in [5.74, 6) is -1.70. The van der Waals surface area contributed by atoms with Gasteiger partial charge in [-0.25, -0.2) is 23.1 Å². The van der Waals surface area contributed by atoms with Crippen LogP contribution in [0.1, 0.15) is 17.4 Å². The van der Waals surface area contributed by atoms with Crippen molar-refractivity contribution in [3.8, 4) is 17.1 Å². The minimum atomic E-state index is -0.697. The van der Waals surface area contributed by atoms with Crippen LogP contribution in [0.15, 0.2) is 42.7 Å². The summed E-state index contributed by atoms with van der Waals surface area (Å²) in [5.41, 5.74) is 0.940. The highest BCUT2D eigenvalue weighted by molar-refractivity contribution is 6.09. The summed E-state index contributed by atoms with van der Waals surface area (Å²) in [4.78, 5) is 23.8. The maximum absolute atomic E-state index is 15.3. The fraction of sp³-hybridized carbons (Fsp3) is 0.308. The number of aryl methyl sites for hydroxylation is 1. The molecular weight excluding hydrogens is 499 g/mol. The van der Waals surface area contributed by atoms with Crippen LogP contribution >= 0.6 is 0 Å². The highest BCUT2D eigenvalue weighted by Crippen LogP contribution is 2.38. The number of methoxy groups -OCH3 is 1.